The van der Waals surface area contributed by atoms with Crippen LogP contribution in [-0.2, 0) is 12.7 Å². The smallest absolute Gasteiger partial charge is 0.380 e. The van der Waals surface area contributed by atoms with Crippen molar-refractivity contribution in [3.63, 3.8) is 0 Å². The highest BCUT2D eigenvalue weighted by Gasteiger charge is 2.33. The largest absolute Gasteiger partial charge is 0.418 e. The summed E-state index contributed by atoms with van der Waals surface area (Å²) in [6.07, 6.45) is -4.45. The van der Waals surface area contributed by atoms with Crippen LogP contribution < -0.4 is 5.32 Å². The van der Waals surface area contributed by atoms with Gasteiger partial charge in [0.15, 0.2) is 0 Å². The molecule has 0 heterocycles. The molecule has 0 aliphatic carbocycles. The summed E-state index contributed by atoms with van der Waals surface area (Å²) < 4.78 is 38.7. The number of rotatable bonds is 3. The van der Waals surface area contributed by atoms with E-state index in [2.05, 4.69) is 5.32 Å². The van der Waals surface area contributed by atoms with E-state index in [0.717, 1.165) is 11.6 Å². The molecule has 0 saturated heterocycles. The first-order chi connectivity index (χ1) is 9.36. The van der Waals surface area contributed by atoms with Gasteiger partial charge in [-0.1, -0.05) is 35.3 Å². The van der Waals surface area contributed by atoms with Crippen LogP contribution >= 0.6 is 23.2 Å². The topological polar surface area (TPSA) is 12.0 Å². The van der Waals surface area contributed by atoms with Gasteiger partial charge in [0.05, 0.1) is 5.56 Å². The fourth-order valence-corrected chi connectivity index (χ4v) is 2.00. The molecule has 0 radical (unpaired) electrons. The van der Waals surface area contributed by atoms with Gasteiger partial charge in [0, 0.05) is 22.3 Å². The Labute approximate surface area is 124 Å². The van der Waals surface area contributed by atoms with E-state index >= 15 is 0 Å². The Bertz CT molecular complexity index is 594. The molecule has 20 heavy (non-hydrogen) atoms. The monoisotopic (exact) mass is 319 g/mol. The molecule has 106 valence electrons. The lowest BCUT2D eigenvalue weighted by atomic mass is 10.1. The number of alkyl halides is 3. The molecular weight excluding hydrogens is 310 g/mol. The number of halogens is 5. The second-order valence-electron chi connectivity index (χ2n) is 4.17. The van der Waals surface area contributed by atoms with Gasteiger partial charge in [0.1, 0.15) is 0 Å². The van der Waals surface area contributed by atoms with E-state index in [1.807, 2.05) is 0 Å². The maximum absolute atomic E-state index is 12.9. The summed E-state index contributed by atoms with van der Waals surface area (Å²) in [5, 5.41) is 3.39. The zero-order chi connectivity index (χ0) is 14.8. The first-order valence-electron chi connectivity index (χ1n) is 5.71. The number of anilines is 1. The van der Waals surface area contributed by atoms with Crippen LogP contribution in [0.25, 0.3) is 0 Å². The molecule has 0 bridgehead atoms. The number of hydrogen-bond acceptors (Lipinski definition) is 1. The van der Waals surface area contributed by atoms with Crippen LogP contribution in [0.5, 0.6) is 0 Å². The molecule has 1 nitrogen and oxygen atoms in total. The highest BCUT2D eigenvalue weighted by molar-refractivity contribution is 6.31. The predicted octanol–water partition coefficient (Wildman–Crippen LogP) is 5.62. The number of hydrogen-bond donors (Lipinski definition) is 1. The van der Waals surface area contributed by atoms with E-state index in [-0.39, 0.29) is 17.3 Å². The molecule has 0 amide bonds. The zero-order valence-electron chi connectivity index (χ0n) is 10.1. The molecule has 0 unspecified atom stereocenters. The molecule has 0 aromatic heterocycles. The summed E-state index contributed by atoms with van der Waals surface area (Å²) >= 11 is 11.4. The van der Waals surface area contributed by atoms with Crippen LogP contribution in [0, 0.1) is 0 Å². The van der Waals surface area contributed by atoms with Gasteiger partial charge in [0.25, 0.3) is 0 Å². The average Bonchev–Trinajstić information content (AvgIpc) is 2.38. The quantitative estimate of drug-likeness (QED) is 0.773. The molecule has 6 heteroatoms. The lowest BCUT2D eigenvalue weighted by Crippen LogP contribution is -2.10. The van der Waals surface area contributed by atoms with E-state index in [1.54, 1.807) is 24.3 Å². The van der Waals surface area contributed by atoms with Crippen molar-refractivity contribution in [2.45, 2.75) is 12.7 Å². The van der Waals surface area contributed by atoms with Crippen LogP contribution in [0.1, 0.15) is 11.1 Å². The molecule has 0 fully saturated rings. The number of benzene rings is 2. The van der Waals surface area contributed by atoms with Crippen molar-refractivity contribution in [2.75, 3.05) is 5.32 Å². The third-order valence-electron chi connectivity index (χ3n) is 2.68. The Morgan fingerprint density at radius 2 is 1.50 bits per heavy atom. The lowest BCUT2D eigenvalue weighted by Gasteiger charge is -2.15. The molecule has 0 saturated carbocycles. The fraction of sp³-hybridized carbons (Fsp3) is 0.143. The fourth-order valence-electron chi connectivity index (χ4n) is 1.70. The minimum Gasteiger partial charge on any atom is -0.380 e. The van der Waals surface area contributed by atoms with Crippen molar-refractivity contribution >= 4 is 28.9 Å². The Hall–Kier alpha value is -1.39. The minimum absolute atomic E-state index is 0.00292. The Morgan fingerprint density at radius 1 is 0.900 bits per heavy atom. The summed E-state index contributed by atoms with van der Waals surface area (Å²) in [5.74, 6) is 0. The van der Waals surface area contributed by atoms with E-state index in [0.29, 0.717) is 5.02 Å². The van der Waals surface area contributed by atoms with E-state index in [9.17, 15) is 13.2 Å². The molecule has 2 rings (SSSR count). The molecular formula is C14H10Cl2F3N. The Kier molecular flexibility index (Phi) is 4.45. The van der Waals surface area contributed by atoms with Crippen LogP contribution in [0.2, 0.25) is 10.0 Å². The van der Waals surface area contributed by atoms with Gasteiger partial charge in [-0.3, -0.25) is 0 Å². The molecule has 1 N–H and O–H groups in total. The predicted molar refractivity (Wildman–Crippen MR) is 75.2 cm³/mol. The average molecular weight is 320 g/mol. The molecule has 0 atom stereocenters. The van der Waals surface area contributed by atoms with E-state index in [1.165, 1.54) is 12.1 Å². The highest BCUT2D eigenvalue weighted by atomic mass is 35.5. The molecule has 2 aromatic rings. The third-order valence-corrected chi connectivity index (χ3v) is 3.17. The lowest BCUT2D eigenvalue weighted by molar-refractivity contribution is -0.136. The molecule has 0 spiro atoms. The Balaban J connectivity index is 2.19. The normalized spacial score (nSPS) is 11.4. The first kappa shape index (κ1) is 15.0. The van der Waals surface area contributed by atoms with Gasteiger partial charge in [-0.15, -0.1) is 0 Å². The standard InChI is InChI=1S/C14H10Cl2F3N/c15-10-3-1-9(2-4-10)8-20-13-6-5-11(16)7-12(13)14(17,18)19/h1-7,20H,8H2. The van der Waals surface area contributed by atoms with Gasteiger partial charge >= 0.3 is 6.18 Å². The van der Waals surface area contributed by atoms with Gasteiger partial charge in [-0.25, -0.2) is 0 Å². The van der Waals surface area contributed by atoms with Gasteiger partial charge in [-0.05, 0) is 35.9 Å². The zero-order valence-corrected chi connectivity index (χ0v) is 11.7. The van der Waals surface area contributed by atoms with Crippen molar-refractivity contribution < 1.29 is 13.2 Å². The van der Waals surface area contributed by atoms with Crippen LogP contribution in [0.3, 0.4) is 0 Å². The van der Waals surface area contributed by atoms with Crippen molar-refractivity contribution in [3.05, 3.63) is 63.6 Å². The van der Waals surface area contributed by atoms with Gasteiger partial charge < -0.3 is 5.32 Å². The second kappa shape index (κ2) is 5.94. The van der Waals surface area contributed by atoms with Crippen molar-refractivity contribution in [1.82, 2.24) is 0 Å². The number of nitrogens with one attached hydrogen (secondary N) is 1. The summed E-state index contributed by atoms with van der Waals surface area (Å²) in [7, 11) is 0. The van der Waals surface area contributed by atoms with Gasteiger partial charge in [0.2, 0.25) is 0 Å². The summed E-state index contributed by atoms with van der Waals surface area (Å²) in [6.45, 7) is 0.266. The van der Waals surface area contributed by atoms with E-state index in [4.69, 9.17) is 23.2 Å². The maximum atomic E-state index is 12.9. The summed E-state index contributed by atoms with van der Waals surface area (Å²) in [4.78, 5) is 0. The van der Waals surface area contributed by atoms with Crippen LogP contribution in [-0.4, -0.2) is 0 Å². The maximum Gasteiger partial charge on any atom is 0.418 e. The van der Waals surface area contributed by atoms with E-state index < -0.39 is 11.7 Å². The molecule has 0 aliphatic heterocycles. The minimum atomic E-state index is -4.45. The molecule has 0 aliphatic rings. The van der Waals surface area contributed by atoms with Crippen molar-refractivity contribution in [1.29, 1.82) is 0 Å². The van der Waals surface area contributed by atoms with Crippen LogP contribution in [0.4, 0.5) is 18.9 Å². The summed E-state index contributed by atoms with van der Waals surface area (Å²) in [5.41, 5.74) is 0.0493. The van der Waals surface area contributed by atoms with Crippen molar-refractivity contribution in [2.24, 2.45) is 0 Å². The van der Waals surface area contributed by atoms with Crippen molar-refractivity contribution in [3.8, 4) is 0 Å². The van der Waals surface area contributed by atoms with Crippen LogP contribution in [0.15, 0.2) is 42.5 Å². The van der Waals surface area contributed by atoms with Gasteiger partial charge in [-0.2, -0.15) is 13.2 Å². The Morgan fingerprint density at radius 3 is 2.10 bits per heavy atom. The SMILES string of the molecule is FC(F)(F)c1cc(Cl)ccc1NCc1ccc(Cl)cc1. The summed E-state index contributed by atoms with van der Waals surface area (Å²) in [6, 6.07) is 10.5. The third kappa shape index (κ3) is 3.81. The second-order valence-corrected chi connectivity index (χ2v) is 5.04. The first-order valence-corrected chi connectivity index (χ1v) is 6.47. The highest BCUT2D eigenvalue weighted by Crippen LogP contribution is 2.36. The molecule has 2 aromatic carbocycles.